The molecule has 1 saturated heterocycles. The SMILES string of the molecule is O=S(=O)(O)CCN1CCOCC1.[CaH2]. The fourth-order valence-electron chi connectivity index (χ4n) is 1.07. The molecule has 1 fully saturated rings. The van der Waals surface area contributed by atoms with Gasteiger partial charge >= 0.3 is 37.7 Å². The summed E-state index contributed by atoms with van der Waals surface area (Å²) in [6.07, 6.45) is 0. The van der Waals surface area contributed by atoms with E-state index in [2.05, 4.69) is 0 Å². The molecule has 0 aromatic carbocycles. The van der Waals surface area contributed by atoms with Crippen molar-refractivity contribution in [3.63, 3.8) is 0 Å². The summed E-state index contributed by atoms with van der Waals surface area (Å²) in [7, 11) is -3.81. The fourth-order valence-corrected chi connectivity index (χ4v) is 1.56. The normalized spacial score (nSPS) is 19.5. The Morgan fingerprint density at radius 2 is 1.85 bits per heavy atom. The van der Waals surface area contributed by atoms with E-state index in [1.807, 2.05) is 4.90 Å². The van der Waals surface area contributed by atoms with Crippen LogP contribution in [0.25, 0.3) is 0 Å². The zero-order chi connectivity index (χ0) is 9.03. The molecule has 0 saturated carbocycles. The maximum absolute atomic E-state index is 10.4. The van der Waals surface area contributed by atoms with Crippen LogP contribution in [0.15, 0.2) is 0 Å². The monoisotopic (exact) mass is 237 g/mol. The summed E-state index contributed by atoms with van der Waals surface area (Å²) < 4.78 is 34.3. The number of nitrogens with zero attached hydrogens (tertiary/aromatic N) is 1. The number of morpholine rings is 1. The summed E-state index contributed by atoms with van der Waals surface area (Å²) in [6, 6.07) is 0. The first kappa shape index (κ1) is 14.1. The van der Waals surface area contributed by atoms with Gasteiger partial charge in [0.15, 0.2) is 0 Å². The number of ether oxygens (including phenoxy) is 1. The molecule has 1 aliphatic rings. The van der Waals surface area contributed by atoms with Crippen molar-refractivity contribution in [2.75, 3.05) is 38.6 Å². The molecule has 0 unspecified atom stereocenters. The molecule has 13 heavy (non-hydrogen) atoms. The van der Waals surface area contributed by atoms with Crippen LogP contribution in [0.1, 0.15) is 0 Å². The molecule has 1 aliphatic heterocycles. The van der Waals surface area contributed by atoms with Gasteiger partial charge < -0.3 is 4.74 Å². The molecule has 0 aliphatic carbocycles. The molecule has 0 amide bonds. The first-order valence-corrected chi connectivity index (χ1v) is 5.44. The molecule has 0 aromatic heterocycles. The Kier molecular flexibility index (Phi) is 7.10. The summed E-state index contributed by atoms with van der Waals surface area (Å²) in [5.74, 6) is -0.188. The zero-order valence-corrected chi connectivity index (χ0v) is 7.59. The quantitative estimate of drug-likeness (QED) is 0.468. The van der Waals surface area contributed by atoms with Gasteiger partial charge in [0.1, 0.15) is 0 Å². The molecule has 7 heteroatoms. The predicted molar refractivity (Wildman–Crippen MR) is 52.2 cm³/mol. The predicted octanol–water partition coefficient (Wildman–Crippen LogP) is -1.71. The Morgan fingerprint density at radius 1 is 1.31 bits per heavy atom. The minimum absolute atomic E-state index is 0. The van der Waals surface area contributed by atoms with E-state index in [4.69, 9.17) is 9.29 Å². The van der Waals surface area contributed by atoms with Gasteiger partial charge in [0.05, 0.1) is 19.0 Å². The number of rotatable bonds is 3. The van der Waals surface area contributed by atoms with Crippen molar-refractivity contribution in [3.05, 3.63) is 0 Å². The van der Waals surface area contributed by atoms with Crippen molar-refractivity contribution in [3.8, 4) is 0 Å². The molecule has 0 aromatic rings. The summed E-state index contributed by atoms with van der Waals surface area (Å²) in [5.41, 5.74) is 0. The van der Waals surface area contributed by atoms with E-state index in [0.717, 1.165) is 13.1 Å². The fraction of sp³-hybridized carbons (Fsp3) is 1.00. The summed E-state index contributed by atoms with van der Waals surface area (Å²) >= 11 is 0. The maximum atomic E-state index is 10.4. The average Bonchev–Trinajstić information content (AvgIpc) is 2.02. The molecule has 0 atom stereocenters. The topological polar surface area (TPSA) is 66.8 Å². The van der Waals surface area contributed by atoms with Crippen LogP contribution >= 0.6 is 0 Å². The second-order valence-corrected chi connectivity index (χ2v) is 4.31. The molecule has 76 valence electrons. The Morgan fingerprint density at radius 3 is 2.31 bits per heavy atom. The van der Waals surface area contributed by atoms with E-state index in [1.165, 1.54) is 0 Å². The van der Waals surface area contributed by atoms with Crippen LogP contribution in [0.4, 0.5) is 0 Å². The van der Waals surface area contributed by atoms with Crippen molar-refractivity contribution in [2.45, 2.75) is 0 Å². The molecule has 1 heterocycles. The summed E-state index contributed by atoms with van der Waals surface area (Å²) in [6.45, 7) is 3.17. The molecule has 1 N–H and O–H groups in total. The average molecular weight is 237 g/mol. The Bertz CT molecular complexity index is 225. The van der Waals surface area contributed by atoms with E-state index in [9.17, 15) is 8.42 Å². The van der Waals surface area contributed by atoms with Gasteiger partial charge in [-0.15, -0.1) is 0 Å². The summed E-state index contributed by atoms with van der Waals surface area (Å²) in [4.78, 5) is 1.96. The molecule has 0 spiro atoms. The number of hydrogen-bond acceptors (Lipinski definition) is 4. The third-order valence-corrected chi connectivity index (χ3v) is 2.47. The molecule has 0 bridgehead atoms. The Hall–Kier alpha value is 1.09. The van der Waals surface area contributed by atoms with Gasteiger partial charge in [0.25, 0.3) is 10.1 Å². The van der Waals surface area contributed by atoms with Gasteiger partial charge in [-0.2, -0.15) is 8.42 Å². The van der Waals surface area contributed by atoms with Crippen LogP contribution < -0.4 is 0 Å². The van der Waals surface area contributed by atoms with Crippen molar-refractivity contribution < 1.29 is 17.7 Å². The van der Waals surface area contributed by atoms with Crippen LogP contribution in [0.5, 0.6) is 0 Å². The standard InChI is InChI=1S/C6H13NO4S.Ca.2H/c8-12(9,10)6-3-7-1-4-11-5-2-7;;;/h1-6H2,(H,8,9,10);;;. The molecule has 5 nitrogen and oxygen atoms in total. The van der Waals surface area contributed by atoms with E-state index >= 15 is 0 Å². The summed E-state index contributed by atoms with van der Waals surface area (Å²) in [5, 5.41) is 0. The molecule has 0 radical (unpaired) electrons. The van der Waals surface area contributed by atoms with Crippen molar-refractivity contribution in [1.29, 1.82) is 0 Å². The third-order valence-electron chi connectivity index (χ3n) is 1.77. The van der Waals surface area contributed by atoms with Gasteiger partial charge in [0.2, 0.25) is 0 Å². The second-order valence-electron chi connectivity index (χ2n) is 2.74. The van der Waals surface area contributed by atoms with E-state index in [-0.39, 0.29) is 43.5 Å². The van der Waals surface area contributed by atoms with Crippen LogP contribution in [0.3, 0.4) is 0 Å². The van der Waals surface area contributed by atoms with Gasteiger partial charge in [-0.05, 0) is 0 Å². The Labute approximate surface area is 108 Å². The van der Waals surface area contributed by atoms with Crippen LogP contribution in [0.2, 0.25) is 0 Å². The zero-order valence-electron chi connectivity index (χ0n) is 6.77. The first-order valence-electron chi connectivity index (χ1n) is 3.83. The van der Waals surface area contributed by atoms with Crippen molar-refractivity contribution in [2.24, 2.45) is 0 Å². The van der Waals surface area contributed by atoms with Crippen molar-refractivity contribution in [1.82, 2.24) is 4.90 Å². The van der Waals surface area contributed by atoms with Gasteiger partial charge in [-0.25, -0.2) is 0 Å². The third kappa shape index (κ3) is 7.07. The second kappa shape index (κ2) is 6.55. The van der Waals surface area contributed by atoms with Crippen LogP contribution in [-0.2, 0) is 14.9 Å². The molecular formula is C6H15CaNO4S. The minimum atomic E-state index is -3.81. The first-order chi connectivity index (χ1) is 5.58. The van der Waals surface area contributed by atoms with Gasteiger partial charge in [-0.1, -0.05) is 0 Å². The van der Waals surface area contributed by atoms with E-state index in [1.54, 1.807) is 0 Å². The van der Waals surface area contributed by atoms with Gasteiger partial charge in [-0.3, -0.25) is 9.45 Å². The van der Waals surface area contributed by atoms with Crippen LogP contribution in [-0.4, -0.2) is 94.2 Å². The number of hydrogen-bond donors (Lipinski definition) is 1. The van der Waals surface area contributed by atoms with E-state index < -0.39 is 10.1 Å². The van der Waals surface area contributed by atoms with Gasteiger partial charge in [0, 0.05) is 19.6 Å². The van der Waals surface area contributed by atoms with E-state index in [0.29, 0.717) is 19.8 Å². The molecule has 1 rings (SSSR count). The Balaban J connectivity index is 0.00000144. The molecular weight excluding hydrogens is 222 g/mol. The van der Waals surface area contributed by atoms with Crippen molar-refractivity contribution >= 4 is 47.9 Å². The van der Waals surface area contributed by atoms with Crippen LogP contribution in [0, 0.1) is 0 Å².